The normalized spacial score (nSPS) is 18.1. The molecule has 0 spiro atoms. The van der Waals surface area contributed by atoms with E-state index in [-0.39, 0.29) is 18.6 Å². The molecule has 0 radical (unpaired) electrons. The fraction of sp³-hybridized carbons (Fsp3) is 0.917. The summed E-state index contributed by atoms with van der Waals surface area (Å²) in [5, 5.41) is 5.64. The maximum atomic E-state index is 11.7. The molecule has 0 bridgehead atoms. The predicted molar refractivity (Wildman–Crippen MR) is 75.5 cm³/mol. The van der Waals surface area contributed by atoms with Crippen molar-refractivity contribution in [3.8, 4) is 0 Å². The Labute approximate surface area is 115 Å². The Morgan fingerprint density at radius 3 is 2.32 bits per heavy atom. The van der Waals surface area contributed by atoms with Gasteiger partial charge in [-0.1, -0.05) is 19.3 Å². The summed E-state index contributed by atoms with van der Waals surface area (Å²) in [4.78, 5) is 11.7. The standard InChI is InChI=1S/C12H25N3O3S/c1-12(2,15-19(3,17)18)9-13-11(16)14-10-7-5-4-6-8-10/h10,15H,4-9H2,1-3H3,(H2,13,14,16). The van der Waals surface area contributed by atoms with Crippen LogP contribution in [0.1, 0.15) is 46.0 Å². The Hall–Kier alpha value is -0.820. The minimum atomic E-state index is -3.28. The number of carbonyl (C=O) groups is 1. The number of urea groups is 1. The zero-order chi connectivity index (χ0) is 14.5. The smallest absolute Gasteiger partial charge is 0.315 e. The third kappa shape index (κ3) is 7.37. The average Bonchev–Trinajstić information content (AvgIpc) is 2.25. The molecule has 1 saturated carbocycles. The highest BCUT2D eigenvalue weighted by Crippen LogP contribution is 2.17. The number of hydrogen-bond donors (Lipinski definition) is 3. The third-order valence-electron chi connectivity index (χ3n) is 3.09. The largest absolute Gasteiger partial charge is 0.336 e. The van der Waals surface area contributed by atoms with Crippen LogP contribution in [-0.4, -0.2) is 38.8 Å². The van der Waals surface area contributed by atoms with Crippen molar-refractivity contribution in [1.82, 2.24) is 15.4 Å². The second kappa shape index (κ2) is 6.56. The van der Waals surface area contributed by atoms with Crippen molar-refractivity contribution in [1.29, 1.82) is 0 Å². The summed E-state index contributed by atoms with van der Waals surface area (Å²) in [5.74, 6) is 0. The minimum absolute atomic E-state index is 0.227. The van der Waals surface area contributed by atoms with Gasteiger partial charge in [-0.25, -0.2) is 17.9 Å². The van der Waals surface area contributed by atoms with Gasteiger partial charge >= 0.3 is 6.03 Å². The number of hydrogen-bond acceptors (Lipinski definition) is 3. The Bertz CT molecular complexity index is 400. The van der Waals surface area contributed by atoms with Crippen LogP contribution in [0, 0.1) is 0 Å². The van der Waals surface area contributed by atoms with Gasteiger partial charge in [0.25, 0.3) is 0 Å². The van der Waals surface area contributed by atoms with Gasteiger partial charge in [-0.3, -0.25) is 0 Å². The van der Waals surface area contributed by atoms with Crippen molar-refractivity contribution in [3.05, 3.63) is 0 Å². The van der Waals surface area contributed by atoms with E-state index in [4.69, 9.17) is 0 Å². The van der Waals surface area contributed by atoms with E-state index in [0.29, 0.717) is 0 Å². The van der Waals surface area contributed by atoms with Crippen LogP contribution in [-0.2, 0) is 10.0 Å². The van der Waals surface area contributed by atoms with Crippen LogP contribution in [0.25, 0.3) is 0 Å². The first kappa shape index (κ1) is 16.2. The molecule has 1 rings (SSSR count). The number of nitrogens with one attached hydrogen (secondary N) is 3. The highest BCUT2D eigenvalue weighted by molar-refractivity contribution is 7.88. The van der Waals surface area contributed by atoms with Gasteiger partial charge in [0.2, 0.25) is 10.0 Å². The average molecular weight is 291 g/mol. The third-order valence-corrected chi connectivity index (χ3v) is 4.02. The molecule has 6 nitrogen and oxygen atoms in total. The van der Waals surface area contributed by atoms with Crippen molar-refractivity contribution in [3.63, 3.8) is 0 Å². The molecule has 3 N–H and O–H groups in total. The number of rotatable bonds is 5. The molecular formula is C12H25N3O3S. The molecule has 0 aromatic rings. The molecule has 1 fully saturated rings. The predicted octanol–water partition coefficient (Wildman–Crippen LogP) is 0.946. The molecule has 1 aliphatic rings. The second-order valence-electron chi connectivity index (χ2n) is 5.92. The maximum Gasteiger partial charge on any atom is 0.315 e. The van der Waals surface area contributed by atoms with Crippen molar-refractivity contribution in [2.45, 2.75) is 57.5 Å². The Balaban J connectivity index is 2.32. The highest BCUT2D eigenvalue weighted by Gasteiger charge is 2.23. The number of sulfonamides is 1. The van der Waals surface area contributed by atoms with E-state index >= 15 is 0 Å². The zero-order valence-corrected chi connectivity index (χ0v) is 12.8. The van der Waals surface area contributed by atoms with Crippen LogP contribution < -0.4 is 15.4 Å². The molecule has 7 heteroatoms. The lowest BCUT2D eigenvalue weighted by atomic mass is 9.96. The fourth-order valence-electron chi connectivity index (χ4n) is 2.32. The van der Waals surface area contributed by atoms with Gasteiger partial charge in [0.1, 0.15) is 0 Å². The van der Waals surface area contributed by atoms with E-state index in [0.717, 1.165) is 31.9 Å². The van der Waals surface area contributed by atoms with E-state index in [1.165, 1.54) is 6.42 Å². The van der Waals surface area contributed by atoms with E-state index in [9.17, 15) is 13.2 Å². The fourth-order valence-corrected chi connectivity index (χ4v) is 3.40. The monoisotopic (exact) mass is 291 g/mol. The number of carbonyl (C=O) groups excluding carboxylic acids is 1. The molecule has 0 atom stereocenters. The zero-order valence-electron chi connectivity index (χ0n) is 12.0. The Kier molecular flexibility index (Phi) is 5.61. The van der Waals surface area contributed by atoms with Crippen LogP contribution in [0.3, 0.4) is 0 Å². The molecular weight excluding hydrogens is 266 g/mol. The van der Waals surface area contributed by atoms with Crippen LogP contribution in [0.5, 0.6) is 0 Å². The molecule has 0 saturated heterocycles. The molecule has 112 valence electrons. The lowest BCUT2D eigenvalue weighted by Crippen LogP contribution is -2.53. The van der Waals surface area contributed by atoms with Crippen LogP contribution in [0.15, 0.2) is 0 Å². The molecule has 2 amide bonds. The second-order valence-corrected chi connectivity index (χ2v) is 7.67. The van der Waals surface area contributed by atoms with E-state index in [1.54, 1.807) is 13.8 Å². The van der Waals surface area contributed by atoms with Gasteiger partial charge in [-0.2, -0.15) is 0 Å². The summed E-state index contributed by atoms with van der Waals surface area (Å²) in [5.41, 5.74) is -0.697. The van der Waals surface area contributed by atoms with Crippen molar-refractivity contribution >= 4 is 16.1 Å². The van der Waals surface area contributed by atoms with E-state index in [1.807, 2.05) is 0 Å². The molecule has 0 heterocycles. The summed E-state index contributed by atoms with van der Waals surface area (Å²) >= 11 is 0. The number of amides is 2. The summed E-state index contributed by atoms with van der Waals surface area (Å²) < 4.78 is 24.8. The first-order valence-corrected chi connectivity index (χ1v) is 8.60. The van der Waals surface area contributed by atoms with Gasteiger partial charge in [0.05, 0.1) is 6.26 Å². The van der Waals surface area contributed by atoms with Crippen molar-refractivity contribution in [2.24, 2.45) is 0 Å². The molecule has 19 heavy (non-hydrogen) atoms. The van der Waals surface area contributed by atoms with Gasteiger partial charge in [0, 0.05) is 18.1 Å². The minimum Gasteiger partial charge on any atom is -0.336 e. The maximum absolute atomic E-state index is 11.7. The van der Waals surface area contributed by atoms with Crippen LogP contribution >= 0.6 is 0 Å². The van der Waals surface area contributed by atoms with Crippen molar-refractivity contribution in [2.75, 3.05) is 12.8 Å². The van der Waals surface area contributed by atoms with Gasteiger partial charge < -0.3 is 10.6 Å². The molecule has 1 aliphatic carbocycles. The van der Waals surface area contributed by atoms with Gasteiger partial charge in [0.15, 0.2) is 0 Å². The lowest BCUT2D eigenvalue weighted by Gasteiger charge is -2.27. The summed E-state index contributed by atoms with van der Waals surface area (Å²) in [6.07, 6.45) is 6.72. The highest BCUT2D eigenvalue weighted by atomic mass is 32.2. The Morgan fingerprint density at radius 1 is 1.21 bits per heavy atom. The van der Waals surface area contributed by atoms with Crippen LogP contribution in [0.4, 0.5) is 4.79 Å². The molecule has 0 unspecified atom stereocenters. The Morgan fingerprint density at radius 2 is 1.79 bits per heavy atom. The molecule has 0 aromatic carbocycles. The van der Waals surface area contributed by atoms with Crippen molar-refractivity contribution < 1.29 is 13.2 Å². The first-order valence-electron chi connectivity index (χ1n) is 6.71. The van der Waals surface area contributed by atoms with Crippen LogP contribution in [0.2, 0.25) is 0 Å². The van der Waals surface area contributed by atoms with Gasteiger partial charge in [-0.05, 0) is 26.7 Å². The molecule has 0 aliphatic heterocycles. The summed E-state index contributed by atoms with van der Waals surface area (Å²) in [6.45, 7) is 3.71. The SMILES string of the molecule is CC(C)(CNC(=O)NC1CCCCC1)NS(C)(=O)=O. The quantitative estimate of drug-likeness (QED) is 0.704. The first-order chi connectivity index (χ1) is 8.68. The summed E-state index contributed by atoms with van der Waals surface area (Å²) in [6, 6.07) is 0.0232. The summed E-state index contributed by atoms with van der Waals surface area (Å²) in [7, 11) is -3.28. The topological polar surface area (TPSA) is 87.3 Å². The lowest BCUT2D eigenvalue weighted by molar-refractivity contribution is 0.229. The van der Waals surface area contributed by atoms with Gasteiger partial charge in [-0.15, -0.1) is 0 Å². The van der Waals surface area contributed by atoms with E-state index < -0.39 is 15.6 Å². The molecule has 0 aromatic heterocycles. The van der Waals surface area contributed by atoms with E-state index in [2.05, 4.69) is 15.4 Å².